The first-order valence-corrected chi connectivity index (χ1v) is 5.34. The van der Waals surface area contributed by atoms with E-state index in [4.69, 9.17) is 4.74 Å². The quantitative estimate of drug-likeness (QED) is 0.614. The Labute approximate surface area is 76.5 Å². The molecule has 0 heterocycles. The summed E-state index contributed by atoms with van der Waals surface area (Å²) < 4.78 is 5.93. The van der Waals surface area contributed by atoms with Gasteiger partial charge in [-0.1, -0.05) is 20.3 Å². The molecule has 0 N–H and O–H groups in total. The molecule has 1 nitrogen and oxygen atoms in total. The summed E-state index contributed by atoms with van der Waals surface area (Å²) in [5.41, 5.74) is 0.148. The van der Waals surface area contributed by atoms with Gasteiger partial charge in [-0.25, -0.2) is 0 Å². The van der Waals surface area contributed by atoms with Crippen molar-refractivity contribution < 1.29 is 4.74 Å². The van der Waals surface area contributed by atoms with Crippen LogP contribution in [0, 0.1) is 5.92 Å². The van der Waals surface area contributed by atoms with Crippen LogP contribution < -0.4 is 0 Å². The van der Waals surface area contributed by atoms with Gasteiger partial charge < -0.3 is 4.74 Å². The summed E-state index contributed by atoms with van der Waals surface area (Å²) in [5, 5.41) is 0. The van der Waals surface area contributed by atoms with Gasteiger partial charge in [-0.15, -0.1) is 0 Å². The maximum absolute atomic E-state index is 5.93. The SMILES string of the molecule is CCC(C)(CC)OCC1CCC1. The fourth-order valence-corrected chi connectivity index (χ4v) is 1.43. The third-order valence-corrected chi connectivity index (χ3v) is 3.39. The Morgan fingerprint density at radius 1 is 1.25 bits per heavy atom. The highest BCUT2D eigenvalue weighted by Gasteiger charge is 2.24. The first-order valence-electron chi connectivity index (χ1n) is 5.34. The molecule has 0 spiro atoms. The van der Waals surface area contributed by atoms with E-state index in [1.165, 1.54) is 19.3 Å². The topological polar surface area (TPSA) is 9.23 Å². The van der Waals surface area contributed by atoms with E-state index in [9.17, 15) is 0 Å². The number of ether oxygens (including phenoxy) is 1. The van der Waals surface area contributed by atoms with E-state index in [0.29, 0.717) is 0 Å². The molecule has 0 aliphatic heterocycles. The molecule has 1 aliphatic rings. The van der Waals surface area contributed by atoms with Gasteiger partial charge in [0.1, 0.15) is 0 Å². The lowest BCUT2D eigenvalue weighted by atomic mass is 9.86. The summed E-state index contributed by atoms with van der Waals surface area (Å²) >= 11 is 0. The van der Waals surface area contributed by atoms with Crippen molar-refractivity contribution in [2.75, 3.05) is 6.61 Å². The third-order valence-electron chi connectivity index (χ3n) is 3.39. The van der Waals surface area contributed by atoms with Crippen LogP contribution in [-0.4, -0.2) is 12.2 Å². The lowest BCUT2D eigenvalue weighted by molar-refractivity contribution is -0.0636. The van der Waals surface area contributed by atoms with E-state index < -0.39 is 0 Å². The van der Waals surface area contributed by atoms with Crippen LogP contribution in [0.15, 0.2) is 0 Å². The standard InChI is InChI=1S/C11H22O/c1-4-11(3,5-2)12-9-10-7-6-8-10/h10H,4-9H2,1-3H3. The fourth-order valence-electron chi connectivity index (χ4n) is 1.43. The molecular weight excluding hydrogens is 148 g/mol. The Bertz CT molecular complexity index is 123. The maximum Gasteiger partial charge on any atom is 0.0649 e. The average Bonchev–Trinajstić information content (AvgIpc) is 2.01. The van der Waals surface area contributed by atoms with E-state index in [1.54, 1.807) is 0 Å². The zero-order valence-electron chi connectivity index (χ0n) is 8.73. The molecule has 12 heavy (non-hydrogen) atoms. The second-order valence-corrected chi connectivity index (χ2v) is 4.26. The summed E-state index contributed by atoms with van der Waals surface area (Å²) in [7, 11) is 0. The monoisotopic (exact) mass is 170 g/mol. The summed E-state index contributed by atoms with van der Waals surface area (Å²) in [6.45, 7) is 7.65. The van der Waals surface area contributed by atoms with Gasteiger partial charge in [-0.3, -0.25) is 0 Å². The normalized spacial score (nSPS) is 19.2. The Morgan fingerprint density at radius 3 is 2.17 bits per heavy atom. The summed E-state index contributed by atoms with van der Waals surface area (Å²) in [6.07, 6.45) is 6.47. The minimum absolute atomic E-state index is 0.148. The predicted molar refractivity (Wildman–Crippen MR) is 52.3 cm³/mol. The first kappa shape index (κ1) is 10.0. The Morgan fingerprint density at radius 2 is 1.83 bits per heavy atom. The molecule has 0 atom stereocenters. The van der Waals surface area contributed by atoms with E-state index in [-0.39, 0.29) is 5.60 Å². The molecule has 1 saturated carbocycles. The smallest absolute Gasteiger partial charge is 0.0649 e. The van der Waals surface area contributed by atoms with Crippen LogP contribution in [0.4, 0.5) is 0 Å². The molecular formula is C11H22O. The molecule has 0 radical (unpaired) electrons. The molecule has 0 aromatic carbocycles. The van der Waals surface area contributed by atoms with Crippen molar-refractivity contribution in [3.63, 3.8) is 0 Å². The van der Waals surface area contributed by atoms with Gasteiger partial charge in [0, 0.05) is 0 Å². The van der Waals surface area contributed by atoms with Crippen molar-refractivity contribution >= 4 is 0 Å². The van der Waals surface area contributed by atoms with Crippen LogP contribution in [-0.2, 0) is 4.74 Å². The lowest BCUT2D eigenvalue weighted by Crippen LogP contribution is -2.31. The highest BCUT2D eigenvalue weighted by atomic mass is 16.5. The number of hydrogen-bond donors (Lipinski definition) is 0. The van der Waals surface area contributed by atoms with Crippen LogP contribution in [0.1, 0.15) is 52.9 Å². The Kier molecular flexibility index (Phi) is 3.57. The molecule has 0 amide bonds. The summed E-state index contributed by atoms with van der Waals surface area (Å²) in [4.78, 5) is 0. The van der Waals surface area contributed by atoms with Crippen molar-refractivity contribution in [3.8, 4) is 0 Å². The third kappa shape index (κ3) is 2.48. The zero-order chi connectivity index (χ0) is 9.03. The molecule has 1 heteroatoms. The summed E-state index contributed by atoms with van der Waals surface area (Å²) in [5.74, 6) is 0.877. The Hall–Kier alpha value is -0.0400. The molecule has 0 unspecified atom stereocenters. The second kappa shape index (κ2) is 4.27. The number of rotatable bonds is 5. The minimum atomic E-state index is 0.148. The maximum atomic E-state index is 5.93. The van der Waals surface area contributed by atoms with Gasteiger partial charge in [-0.2, -0.15) is 0 Å². The van der Waals surface area contributed by atoms with Crippen LogP contribution in [0.5, 0.6) is 0 Å². The van der Waals surface area contributed by atoms with Gasteiger partial charge in [0.25, 0.3) is 0 Å². The van der Waals surface area contributed by atoms with E-state index in [0.717, 1.165) is 25.4 Å². The molecule has 0 saturated heterocycles. The van der Waals surface area contributed by atoms with Gasteiger partial charge in [-0.05, 0) is 38.5 Å². The lowest BCUT2D eigenvalue weighted by Gasteiger charge is -2.32. The van der Waals surface area contributed by atoms with Crippen molar-refractivity contribution in [2.24, 2.45) is 5.92 Å². The molecule has 72 valence electrons. The van der Waals surface area contributed by atoms with Crippen molar-refractivity contribution in [2.45, 2.75) is 58.5 Å². The van der Waals surface area contributed by atoms with Crippen molar-refractivity contribution in [3.05, 3.63) is 0 Å². The zero-order valence-corrected chi connectivity index (χ0v) is 8.73. The van der Waals surface area contributed by atoms with Crippen molar-refractivity contribution in [1.29, 1.82) is 0 Å². The van der Waals surface area contributed by atoms with Crippen LogP contribution >= 0.6 is 0 Å². The fraction of sp³-hybridized carbons (Fsp3) is 1.00. The van der Waals surface area contributed by atoms with Crippen LogP contribution in [0.2, 0.25) is 0 Å². The van der Waals surface area contributed by atoms with Gasteiger partial charge >= 0.3 is 0 Å². The van der Waals surface area contributed by atoms with E-state index in [1.807, 2.05) is 0 Å². The molecule has 0 bridgehead atoms. The largest absolute Gasteiger partial charge is 0.375 e. The van der Waals surface area contributed by atoms with Crippen LogP contribution in [0.25, 0.3) is 0 Å². The van der Waals surface area contributed by atoms with E-state index >= 15 is 0 Å². The molecule has 0 aromatic heterocycles. The Balaban J connectivity index is 2.17. The molecule has 0 aromatic rings. The molecule has 1 rings (SSSR count). The summed E-state index contributed by atoms with van der Waals surface area (Å²) in [6, 6.07) is 0. The highest BCUT2D eigenvalue weighted by Crippen LogP contribution is 2.29. The van der Waals surface area contributed by atoms with E-state index in [2.05, 4.69) is 20.8 Å². The van der Waals surface area contributed by atoms with Gasteiger partial charge in [0.15, 0.2) is 0 Å². The minimum Gasteiger partial charge on any atom is -0.375 e. The average molecular weight is 170 g/mol. The van der Waals surface area contributed by atoms with Gasteiger partial charge in [0.05, 0.1) is 12.2 Å². The highest BCUT2D eigenvalue weighted by molar-refractivity contribution is 4.74. The van der Waals surface area contributed by atoms with Crippen molar-refractivity contribution in [1.82, 2.24) is 0 Å². The van der Waals surface area contributed by atoms with Crippen LogP contribution in [0.3, 0.4) is 0 Å². The van der Waals surface area contributed by atoms with Gasteiger partial charge in [0.2, 0.25) is 0 Å². The molecule has 1 aliphatic carbocycles. The predicted octanol–water partition coefficient (Wildman–Crippen LogP) is 3.38. The second-order valence-electron chi connectivity index (χ2n) is 4.26. The number of hydrogen-bond acceptors (Lipinski definition) is 1. The first-order chi connectivity index (χ1) is 5.70. The molecule has 1 fully saturated rings.